The molecular weight excluding hydrogens is 247 g/mol. The number of phosphoric ester groups is 1. The third kappa shape index (κ3) is 5.64. The second-order valence-corrected chi connectivity index (χ2v) is 4.16. The summed E-state index contributed by atoms with van der Waals surface area (Å²) in [6, 6.07) is 0. The van der Waals surface area contributed by atoms with Gasteiger partial charge in [0.05, 0.1) is 6.61 Å². The molecule has 0 radical (unpaired) electrons. The highest BCUT2D eigenvalue weighted by atomic mass is 31.2. The SMILES string of the molecule is O=C(COP(=O)(O)O)C(O)[C@@H](O)[C@H](O)CO. The minimum Gasteiger partial charge on any atom is -0.394 e. The average molecular weight is 260 g/mol. The number of hydrogen-bond donors (Lipinski definition) is 6. The smallest absolute Gasteiger partial charge is 0.394 e. The normalized spacial score (nSPS) is 17.9. The standard InChI is InChI=1S/C6H13O9P/c7-1-3(8)5(10)6(11)4(9)2-15-16(12,13)14/h3,5-8,10-11H,1-2H2,(H2,12,13,14)/t3-,5+,6?/m1/s1. The third-order valence-electron chi connectivity index (χ3n) is 1.61. The van der Waals surface area contributed by atoms with Gasteiger partial charge in [-0.25, -0.2) is 4.57 Å². The van der Waals surface area contributed by atoms with Crippen molar-refractivity contribution in [2.75, 3.05) is 13.2 Å². The average Bonchev–Trinajstić information content (AvgIpc) is 2.21. The first-order chi connectivity index (χ1) is 7.19. The summed E-state index contributed by atoms with van der Waals surface area (Å²) in [5.74, 6) is -1.23. The molecule has 0 amide bonds. The van der Waals surface area contributed by atoms with E-state index in [2.05, 4.69) is 4.52 Å². The summed E-state index contributed by atoms with van der Waals surface area (Å²) >= 11 is 0. The summed E-state index contributed by atoms with van der Waals surface area (Å²) in [5.41, 5.74) is 0. The monoisotopic (exact) mass is 260 g/mol. The summed E-state index contributed by atoms with van der Waals surface area (Å²) < 4.78 is 14.0. The maximum Gasteiger partial charge on any atom is 0.470 e. The van der Waals surface area contributed by atoms with Gasteiger partial charge in [0, 0.05) is 0 Å². The quantitative estimate of drug-likeness (QED) is 0.258. The van der Waals surface area contributed by atoms with Crippen LogP contribution >= 0.6 is 7.82 Å². The van der Waals surface area contributed by atoms with Crippen LogP contribution in [0.25, 0.3) is 0 Å². The van der Waals surface area contributed by atoms with Gasteiger partial charge in [-0.2, -0.15) is 0 Å². The number of carbonyl (C=O) groups excluding carboxylic acids is 1. The van der Waals surface area contributed by atoms with Crippen LogP contribution in [0.5, 0.6) is 0 Å². The summed E-state index contributed by atoms with van der Waals surface area (Å²) in [5, 5.41) is 35.4. The summed E-state index contributed by atoms with van der Waals surface area (Å²) in [6.07, 6.45) is -5.81. The molecule has 0 aromatic carbocycles. The fourth-order valence-corrected chi connectivity index (χ4v) is 1.04. The second kappa shape index (κ2) is 6.38. The highest BCUT2D eigenvalue weighted by Crippen LogP contribution is 2.35. The molecule has 0 rings (SSSR count). The van der Waals surface area contributed by atoms with E-state index in [1.807, 2.05) is 0 Å². The number of Topliss-reactive ketones (excluding diaryl/α,β-unsaturated/α-hetero) is 1. The van der Waals surface area contributed by atoms with E-state index in [4.69, 9.17) is 30.2 Å². The van der Waals surface area contributed by atoms with Crippen LogP contribution in [0.3, 0.4) is 0 Å². The molecule has 0 aliphatic rings. The van der Waals surface area contributed by atoms with Crippen molar-refractivity contribution < 1.29 is 44.1 Å². The number of ketones is 1. The highest BCUT2D eigenvalue weighted by Gasteiger charge is 2.31. The predicted molar refractivity (Wildman–Crippen MR) is 48.1 cm³/mol. The molecule has 0 aliphatic carbocycles. The van der Waals surface area contributed by atoms with Crippen LogP contribution in [0, 0.1) is 0 Å². The molecule has 0 aromatic rings. The zero-order chi connectivity index (χ0) is 12.9. The first-order valence-corrected chi connectivity index (χ1v) is 5.60. The van der Waals surface area contributed by atoms with Gasteiger partial charge in [-0.3, -0.25) is 9.32 Å². The lowest BCUT2D eigenvalue weighted by Crippen LogP contribution is -2.45. The van der Waals surface area contributed by atoms with E-state index in [0.29, 0.717) is 0 Å². The summed E-state index contributed by atoms with van der Waals surface area (Å²) in [6.45, 7) is -2.01. The van der Waals surface area contributed by atoms with Gasteiger partial charge in [-0.1, -0.05) is 0 Å². The van der Waals surface area contributed by atoms with Crippen LogP contribution in [0.15, 0.2) is 0 Å². The van der Waals surface area contributed by atoms with E-state index >= 15 is 0 Å². The second-order valence-electron chi connectivity index (χ2n) is 2.92. The van der Waals surface area contributed by atoms with Crippen LogP contribution < -0.4 is 0 Å². The van der Waals surface area contributed by atoms with Gasteiger partial charge < -0.3 is 30.2 Å². The molecule has 1 unspecified atom stereocenters. The number of aliphatic hydroxyl groups is 4. The minimum absolute atomic E-state index is 0.884. The number of rotatable bonds is 7. The van der Waals surface area contributed by atoms with Crippen molar-refractivity contribution in [3.8, 4) is 0 Å². The molecule has 96 valence electrons. The van der Waals surface area contributed by atoms with Gasteiger partial charge in [0.2, 0.25) is 0 Å². The van der Waals surface area contributed by atoms with Gasteiger partial charge in [0.15, 0.2) is 5.78 Å². The molecule has 0 saturated carbocycles. The Hall–Kier alpha value is -0.380. The van der Waals surface area contributed by atoms with Crippen LogP contribution in [0.2, 0.25) is 0 Å². The van der Waals surface area contributed by atoms with Crippen molar-refractivity contribution in [1.82, 2.24) is 0 Å². The van der Waals surface area contributed by atoms with Crippen LogP contribution in [-0.2, 0) is 13.9 Å². The van der Waals surface area contributed by atoms with Crippen LogP contribution in [0.1, 0.15) is 0 Å². The van der Waals surface area contributed by atoms with Crippen molar-refractivity contribution in [3.05, 3.63) is 0 Å². The molecule has 0 bridgehead atoms. The van der Waals surface area contributed by atoms with E-state index in [1.54, 1.807) is 0 Å². The first kappa shape index (κ1) is 15.6. The van der Waals surface area contributed by atoms with E-state index in [0.717, 1.165) is 0 Å². The Bertz CT molecular complexity index is 273. The van der Waals surface area contributed by atoms with Crippen molar-refractivity contribution in [3.63, 3.8) is 0 Å². The summed E-state index contributed by atoms with van der Waals surface area (Å²) in [4.78, 5) is 27.5. The largest absolute Gasteiger partial charge is 0.470 e. The van der Waals surface area contributed by atoms with Crippen molar-refractivity contribution in [2.45, 2.75) is 18.3 Å². The maximum absolute atomic E-state index is 11.0. The van der Waals surface area contributed by atoms with E-state index in [9.17, 15) is 9.36 Å². The number of aliphatic hydroxyl groups excluding tert-OH is 4. The molecule has 0 aromatic heterocycles. The topological polar surface area (TPSA) is 165 Å². The lowest BCUT2D eigenvalue weighted by Gasteiger charge is -2.20. The molecule has 0 heterocycles. The molecule has 0 saturated heterocycles. The molecule has 6 N–H and O–H groups in total. The van der Waals surface area contributed by atoms with Crippen molar-refractivity contribution >= 4 is 13.6 Å². The Balaban J connectivity index is 4.23. The number of carbonyl (C=O) groups is 1. The fourth-order valence-electron chi connectivity index (χ4n) is 0.742. The minimum atomic E-state index is -4.85. The van der Waals surface area contributed by atoms with Crippen LogP contribution in [-0.4, -0.2) is 67.5 Å². The molecule has 0 spiro atoms. The lowest BCUT2D eigenvalue weighted by molar-refractivity contribution is -0.142. The van der Waals surface area contributed by atoms with E-state index in [1.165, 1.54) is 0 Å². The van der Waals surface area contributed by atoms with Crippen molar-refractivity contribution in [1.29, 1.82) is 0 Å². The molecule has 10 heteroatoms. The Morgan fingerprint density at radius 3 is 2.12 bits per heavy atom. The maximum atomic E-state index is 11.0. The number of phosphoric acid groups is 1. The zero-order valence-corrected chi connectivity index (χ0v) is 8.90. The van der Waals surface area contributed by atoms with Gasteiger partial charge in [-0.15, -0.1) is 0 Å². The Morgan fingerprint density at radius 1 is 1.25 bits per heavy atom. The van der Waals surface area contributed by atoms with Gasteiger partial charge in [0.1, 0.15) is 24.9 Å². The molecule has 0 fully saturated rings. The fraction of sp³-hybridized carbons (Fsp3) is 0.833. The van der Waals surface area contributed by atoms with E-state index in [-0.39, 0.29) is 0 Å². The Morgan fingerprint density at radius 2 is 1.75 bits per heavy atom. The third-order valence-corrected chi connectivity index (χ3v) is 2.08. The Kier molecular flexibility index (Phi) is 6.23. The molecule has 3 atom stereocenters. The number of hydrogen-bond acceptors (Lipinski definition) is 7. The first-order valence-electron chi connectivity index (χ1n) is 4.07. The predicted octanol–water partition coefficient (Wildman–Crippen LogP) is -3.26. The zero-order valence-electron chi connectivity index (χ0n) is 8.00. The molecule has 0 aliphatic heterocycles. The molecule has 16 heavy (non-hydrogen) atoms. The van der Waals surface area contributed by atoms with Crippen LogP contribution in [0.4, 0.5) is 0 Å². The summed E-state index contributed by atoms with van der Waals surface area (Å²) in [7, 11) is -4.85. The van der Waals surface area contributed by atoms with Gasteiger partial charge in [0.25, 0.3) is 0 Å². The Labute approximate surface area is 90.2 Å². The molecular formula is C6H13O9P. The van der Waals surface area contributed by atoms with Crippen molar-refractivity contribution in [2.24, 2.45) is 0 Å². The lowest BCUT2D eigenvalue weighted by atomic mass is 10.1. The van der Waals surface area contributed by atoms with Gasteiger partial charge >= 0.3 is 7.82 Å². The highest BCUT2D eigenvalue weighted by molar-refractivity contribution is 7.46. The van der Waals surface area contributed by atoms with Gasteiger partial charge in [-0.05, 0) is 0 Å². The molecule has 9 nitrogen and oxygen atoms in total. The van der Waals surface area contributed by atoms with E-state index < -0.39 is 45.1 Å².